The zero-order chi connectivity index (χ0) is 14.3. The van der Waals surface area contributed by atoms with Crippen molar-refractivity contribution in [3.05, 3.63) is 36.0 Å². The van der Waals surface area contributed by atoms with E-state index in [2.05, 4.69) is 4.98 Å². The topological polar surface area (TPSA) is 54.6 Å². The molecular formula is C16H18N2O3. The summed E-state index contributed by atoms with van der Waals surface area (Å²) in [5, 5.41) is 1.11. The van der Waals surface area contributed by atoms with Crippen LogP contribution in [0.15, 0.2) is 30.5 Å². The molecule has 0 atom stereocenters. The molecule has 2 aliphatic rings. The summed E-state index contributed by atoms with van der Waals surface area (Å²) in [6.45, 7) is 2.53. The Morgan fingerprint density at radius 3 is 2.95 bits per heavy atom. The molecule has 2 fully saturated rings. The zero-order valence-corrected chi connectivity index (χ0v) is 11.8. The number of carbonyl (C=O) groups is 1. The smallest absolute Gasteiger partial charge is 0.254 e. The molecule has 2 saturated heterocycles. The van der Waals surface area contributed by atoms with Crippen LogP contribution in [-0.4, -0.2) is 47.9 Å². The number of benzene rings is 1. The molecule has 4 rings (SSSR count). The van der Waals surface area contributed by atoms with E-state index in [0.29, 0.717) is 25.3 Å². The first kappa shape index (κ1) is 12.9. The third-order valence-corrected chi connectivity index (χ3v) is 4.32. The highest BCUT2D eigenvalue weighted by molar-refractivity contribution is 5.98. The monoisotopic (exact) mass is 286 g/mol. The van der Waals surface area contributed by atoms with Gasteiger partial charge in [0.15, 0.2) is 5.79 Å². The van der Waals surface area contributed by atoms with Crippen LogP contribution < -0.4 is 0 Å². The quantitative estimate of drug-likeness (QED) is 0.874. The number of amides is 1. The molecule has 2 aliphatic heterocycles. The van der Waals surface area contributed by atoms with Crippen molar-refractivity contribution in [1.29, 1.82) is 0 Å². The highest BCUT2D eigenvalue weighted by atomic mass is 16.7. The van der Waals surface area contributed by atoms with E-state index in [1.165, 1.54) is 0 Å². The minimum absolute atomic E-state index is 0.0460. The number of hydrogen-bond donors (Lipinski definition) is 1. The Bertz CT molecular complexity index is 673. The van der Waals surface area contributed by atoms with Gasteiger partial charge in [0, 0.05) is 30.2 Å². The van der Waals surface area contributed by atoms with Crippen LogP contribution in [0.5, 0.6) is 0 Å². The van der Waals surface area contributed by atoms with Gasteiger partial charge in [0.05, 0.1) is 19.8 Å². The number of likely N-dealkylation sites (tertiary alicyclic amines) is 1. The third-order valence-electron chi connectivity index (χ3n) is 4.32. The third kappa shape index (κ3) is 2.22. The Labute approximate surface area is 122 Å². The molecule has 0 unspecified atom stereocenters. The number of H-pyrrole nitrogens is 1. The first-order valence-corrected chi connectivity index (χ1v) is 7.40. The summed E-state index contributed by atoms with van der Waals surface area (Å²) >= 11 is 0. The molecule has 2 aromatic rings. The second-order valence-electron chi connectivity index (χ2n) is 5.72. The van der Waals surface area contributed by atoms with Crippen molar-refractivity contribution in [2.75, 3.05) is 26.3 Å². The summed E-state index contributed by atoms with van der Waals surface area (Å²) < 4.78 is 11.5. The maximum atomic E-state index is 12.7. The number of piperidine rings is 1. The van der Waals surface area contributed by atoms with Crippen LogP contribution in [0.3, 0.4) is 0 Å². The maximum absolute atomic E-state index is 12.7. The van der Waals surface area contributed by atoms with Gasteiger partial charge in [-0.3, -0.25) is 4.79 Å². The summed E-state index contributed by atoms with van der Waals surface area (Å²) in [6, 6.07) is 7.77. The van der Waals surface area contributed by atoms with Crippen molar-refractivity contribution in [2.24, 2.45) is 0 Å². The van der Waals surface area contributed by atoms with Gasteiger partial charge in [0.25, 0.3) is 5.91 Å². The number of fused-ring (bicyclic) bond motifs is 1. The van der Waals surface area contributed by atoms with Gasteiger partial charge in [-0.05, 0) is 30.0 Å². The molecule has 1 aromatic carbocycles. The number of aromatic amines is 1. The second-order valence-corrected chi connectivity index (χ2v) is 5.72. The molecule has 0 saturated carbocycles. The minimum Gasteiger partial charge on any atom is -0.361 e. The van der Waals surface area contributed by atoms with Gasteiger partial charge in [-0.25, -0.2) is 0 Å². The lowest BCUT2D eigenvalue weighted by Crippen LogP contribution is -2.51. The summed E-state index contributed by atoms with van der Waals surface area (Å²) in [6.07, 6.45) is 3.66. The molecule has 1 amide bonds. The molecule has 1 N–H and O–H groups in total. The minimum atomic E-state index is -0.565. The van der Waals surface area contributed by atoms with Crippen molar-refractivity contribution in [1.82, 2.24) is 9.88 Å². The average molecular weight is 286 g/mol. The lowest BCUT2D eigenvalue weighted by atomic mass is 10.0. The van der Waals surface area contributed by atoms with Crippen LogP contribution >= 0.6 is 0 Å². The van der Waals surface area contributed by atoms with E-state index in [4.69, 9.17) is 9.47 Å². The molecule has 5 heteroatoms. The van der Waals surface area contributed by atoms with Crippen molar-refractivity contribution in [2.45, 2.75) is 18.6 Å². The van der Waals surface area contributed by atoms with Crippen LogP contribution in [0.1, 0.15) is 23.2 Å². The van der Waals surface area contributed by atoms with E-state index in [9.17, 15) is 4.79 Å². The van der Waals surface area contributed by atoms with Crippen molar-refractivity contribution in [3.8, 4) is 0 Å². The Balaban J connectivity index is 1.58. The van der Waals surface area contributed by atoms with E-state index in [1.807, 2.05) is 35.4 Å². The van der Waals surface area contributed by atoms with Crippen LogP contribution in [0.2, 0.25) is 0 Å². The Hall–Kier alpha value is -1.85. The molecule has 1 spiro atoms. The first-order chi connectivity index (χ1) is 10.3. The van der Waals surface area contributed by atoms with Crippen molar-refractivity contribution >= 4 is 16.8 Å². The lowest BCUT2D eigenvalue weighted by molar-refractivity contribution is -0.183. The van der Waals surface area contributed by atoms with Crippen LogP contribution in [0.4, 0.5) is 0 Å². The predicted molar refractivity (Wildman–Crippen MR) is 78.1 cm³/mol. The van der Waals surface area contributed by atoms with Gasteiger partial charge < -0.3 is 19.4 Å². The highest BCUT2D eigenvalue weighted by Gasteiger charge is 2.42. The number of hydrogen-bond acceptors (Lipinski definition) is 3. The highest BCUT2D eigenvalue weighted by Crippen LogP contribution is 2.30. The first-order valence-electron chi connectivity index (χ1n) is 7.40. The molecule has 3 heterocycles. The molecule has 0 bridgehead atoms. The van der Waals surface area contributed by atoms with E-state index >= 15 is 0 Å². The zero-order valence-electron chi connectivity index (χ0n) is 11.8. The van der Waals surface area contributed by atoms with Gasteiger partial charge in [-0.2, -0.15) is 0 Å². The number of nitrogens with zero attached hydrogens (tertiary/aromatic N) is 1. The van der Waals surface area contributed by atoms with Gasteiger partial charge in [0.2, 0.25) is 0 Å². The van der Waals surface area contributed by atoms with Gasteiger partial charge in [-0.1, -0.05) is 6.07 Å². The fourth-order valence-corrected chi connectivity index (χ4v) is 3.26. The second kappa shape index (κ2) is 4.86. The standard InChI is InChI=1S/C16H18N2O3/c19-15(13-3-2-12-4-6-17-14(12)10-13)18-7-1-5-16(11-18)20-8-9-21-16/h2-4,6,10,17H,1,5,7-9,11H2. The van der Waals surface area contributed by atoms with Crippen LogP contribution in [0.25, 0.3) is 10.9 Å². The van der Waals surface area contributed by atoms with E-state index in [1.54, 1.807) is 0 Å². The Morgan fingerprint density at radius 2 is 2.10 bits per heavy atom. The van der Waals surface area contributed by atoms with E-state index in [0.717, 1.165) is 30.3 Å². The largest absolute Gasteiger partial charge is 0.361 e. The molecule has 5 nitrogen and oxygen atoms in total. The number of ether oxygens (including phenoxy) is 2. The number of carbonyl (C=O) groups excluding carboxylic acids is 1. The number of nitrogens with one attached hydrogen (secondary N) is 1. The van der Waals surface area contributed by atoms with Gasteiger partial charge >= 0.3 is 0 Å². The Kier molecular flexibility index (Phi) is 2.97. The van der Waals surface area contributed by atoms with Crippen molar-refractivity contribution in [3.63, 3.8) is 0 Å². The molecular weight excluding hydrogens is 268 g/mol. The number of rotatable bonds is 1. The number of aromatic nitrogens is 1. The summed E-state index contributed by atoms with van der Waals surface area (Å²) in [5.74, 6) is -0.519. The SMILES string of the molecule is O=C(c1ccc2cc[nH]c2c1)N1CCCC2(C1)OCCO2. The summed E-state index contributed by atoms with van der Waals surface area (Å²) in [5.41, 5.74) is 1.70. The lowest BCUT2D eigenvalue weighted by Gasteiger charge is -2.38. The molecule has 21 heavy (non-hydrogen) atoms. The van der Waals surface area contributed by atoms with Crippen LogP contribution in [-0.2, 0) is 9.47 Å². The fraction of sp³-hybridized carbons (Fsp3) is 0.438. The Morgan fingerprint density at radius 1 is 1.24 bits per heavy atom. The van der Waals surface area contributed by atoms with E-state index < -0.39 is 5.79 Å². The van der Waals surface area contributed by atoms with E-state index in [-0.39, 0.29) is 5.91 Å². The molecule has 0 radical (unpaired) electrons. The summed E-state index contributed by atoms with van der Waals surface area (Å²) in [7, 11) is 0. The van der Waals surface area contributed by atoms with Crippen molar-refractivity contribution < 1.29 is 14.3 Å². The maximum Gasteiger partial charge on any atom is 0.254 e. The van der Waals surface area contributed by atoms with Gasteiger partial charge in [0.1, 0.15) is 0 Å². The molecule has 1 aromatic heterocycles. The predicted octanol–water partition coefficient (Wildman–Crippen LogP) is 2.15. The molecule has 0 aliphatic carbocycles. The molecule has 110 valence electrons. The van der Waals surface area contributed by atoms with Crippen LogP contribution in [0, 0.1) is 0 Å². The fourth-order valence-electron chi connectivity index (χ4n) is 3.26. The normalized spacial score (nSPS) is 21.2. The average Bonchev–Trinajstić information content (AvgIpc) is 3.15. The van der Waals surface area contributed by atoms with Gasteiger partial charge in [-0.15, -0.1) is 0 Å². The summed E-state index contributed by atoms with van der Waals surface area (Å²) in [4.78, 5) is 17.7.